The smallest absolute Gasteiger partial charge is 0.119 e. The number of ether oxygens (including phenoxy) is 2. The van der Waals surface area contributed by atoms with Crippen LogP contribution >= 0.6 is 0 Å². The van der Waals surface area contributed by atoms with Crippen molar-refractivity contribution in [2.45, 2.75) is 32.3 Å². The third kappa shape index (κ3) is 5.03. The predicted octanol–water partition coefficient (Wildman–Crippen LogP) is 2.63. The van der Waals surface area contributed by atoms with Gasteiger partial charge in [0.2, 0.25) is 0 Å². The molecule has 0 aliphatic rings. The predicted molar refractivity (Wildman–Crippen MR) is 64.0 cm³/mol. The summed E-state index contributed by atoms with van der Waals surface area (Å²) in [5.41, 5.74) is 0. The SMILES string of the molecule is COc1ccc(OCCCCC(C)O)cc1. The summed E-state index contributed by atoms with van der Waals surface area (Å²) in [6.07, 6.45) is 2.59. The van der Waals surface area contributed by atoms with Crippen LogP contribution in [0.3, 0.4) is 0 Å². The largest absolute Gasteiger partial charge is 0.497 e. The highest BCUT2D eigenvalue weighted by Gasteiger charge is 1.97. The summed E-state index contributed by atoms with van der Waals surface area (Å²) in [5, 5.41) is 9.07. The van der Waals surface area contributed by atoms with Gasteiger partial charge in [0.15, 0.2) is 0 Å². The highest BCUT2D eigenvalue weighted by molar-refractivity contribution is 5.30. The van der Waals surface area contributed by atoms with E-state index < -0.39 is 0 Å². The topological polar surface area (TPSA) is 38.7 Å². The Labute approximate surface area is 97.0 Å². The van der Waals surface area contributed by atoms with Crippen molar-refractivity contribution in [3.8, 4) is 11.5 Å². The molecule has 90 valence electrons. The maximum atomic E-state index is 9.07. The lowest BCUT2D eigenvalue weighted by molar-refractivity contribution is 0.177. The number of aliphatic hydroxyl groups excluding tert-OH is 1. The van der Waals surface area contributed by atoms with Gasteiger partial charge in [0.1, 0.15) is 11.5 Å². The monoisotopic (exact) mass is 224 g/mol. The lowest BCUT2D eigenvalue weighted by atomic mass is 10.2. The lowest BCUT2D eigenvalue weighted by Crippen LogP contribution is -2.02. The number of benzene rings is 1. The second-order valence-corrected chi connectivity index (χ2v) is 3.87. The van der Waals surface area contributed by atoms with Crippen molar-refractivity contribution in [1.82, 2.24) is 0 Å². The Hall–Kier alpha value is -1.22. The average molecular weight is 224 g/mol. The standard InChI is InChI=1S/C13H20O3/c1-11(14)5-3-4-10-16-13-8-6-12(15-2)7-9-13/h6-9,11,14H,3-5,10H2,1-2H3. The summed E-state index contributed by atoms with van der Waals surface area (Å²) in [5.74, 6) is 1.69. The fourth-order valence-corrected chi connectivity index (χ4v) is 1.40. The maximum Gasteiger partial charge on any atom is 0.119 e. The molecule has 0 spiro atoms. The fraction of sp³-hybridized carbons (Fsp3) is 0.538. The van der Waals surface area contributed by atoms with Gasteiger partial charge in [0, 0.05) is 0 Å². The van der Waals surface area contributed by atoms with Gasteiger partial charge in [-0.15, -0.1) is 0 Å². The third-order valence-electron chi connectivity index (χ3n) is 2.34. The molecule has 1 atom stereocenters. The zero-order valence-electron chi connectivity index (χ0n) is 9.98. The molecule has 0 radical (unpaired) electrons. The van der Waals surface area contributed by atoms with Gasteiger partial charge in [0.05, 0.1) is 19.8 Å². The Morgan fingerprint density at radius 2 is 1.75 bits per heavy atom. The highest BCUT2D eigenvalue weighted by Crippen LogP contribution is 2.17. The molecular formula is C13H20O3. The van der Waals surface area contributed by atoms with Crippen LogP contribution in [0.25, 0.3) is 0 Å². The molecular weight excluding hydrogens is 204 g/mol. The molecule has 0 amide bonds. The van der Waals surface area contributed by atoms with Crippen molar-refractivity contribution < 1.29 is 14.6 Å². The maximum absolute atomic E-state index is 9.07. The summed E-state index contributed by atoms with van der Waals surface area (Å²) >= 11 is 0. The average Bonchev–Trinajstić information content (AvgIpc) is 2.29. The Morgan fingerprint density at radius 1 is 1.12 bits per heavy atom. The third-order valence-corrected chi connectivity index (χ3v) is 2.34. The van der Waals surface area contributed by atoms with Crippen LogP contribution in [0.5, 0.6) is 11.5 Å². The van der Waals surface area contributed by atoms with Crippen molar-refractivity contribution in [1.29, 1.82) is 0 Å². The molecule has 0 aliphatic carbocycles. The van der Waals surface area contributed by atoms with E-state index in [4.69, 9.17) is 14.6 Å². The molecule has 1 N–H and O–H groups in total. The summed E-state index contributed by atoms with van der Waals surface area (Å²) in [7, 11) is 1.64. The number of hydrogen-bond donors (Lipinski definition) is 1. The summed E-state index contributed by atoms with van der Waals surface area (Å²) in [6, 6.07) is 7.55. The molecule has 0 heterocycles. The van der Waals surface area contributed by atoms with Crippen LogP contribution in [-0.2, 0) is 0 Å². The summed E-state index contributed by atoms with van der Waals surface area (Å²) in [6.45, 7) is 2.50. The Kier molecular flexibility index (Phi) is 5.72. The first-order valence-electron chi connectivity index (χ1n) is 5.67. The van der Waals surface area contributed by atoms with E-state index in [9.17, 15) is 0 Å². The molecule has 1 aromatic rings. The molecule has 0 fully saturated rings. The zero-order chi connectivity index (χ0) is 11.8. The quantitative estimate of drug-likeness (QED) is 0.724. The lowest BCUT2D eigenvalue weighted by Gasteiger charge is -2.07. The number of rotatable bonds is 7. The van der Waals surface area contributed by atoms with Gasteiger partial charge in [0.25, 0.3) is 0 Å². The molecule has 1 aromatic carbocycles. The normalized spacial score (nSPS) is 12.2. The van der Waals surface area contributed by atoms with Crippen molar-refractivity contribution in [3.63, 3.8) is 0 Å². The number of methoxy groups -OCH3 is 1. The molecule has 0 aliphatic heterocycles. The first kappa shape index (κ1) is 12.8. The van der Waals surface area contributed by atoms with E-state index in [2.05, 4.69) is 0 Å². The van der Waals surface area contributed by atoms with E-state index in [1.165, 1.54) is 0 Å². The van der Waals surface area contributed by atoms with Gasteiger partial charge >= 0.3 is 0 Å². The Balaban J connectivity index is 2.16. The van der Waals surface area contributed by atoms with Crippen LogP contribution in [0.2, 0.25) is 0 Å². The number of aliphatic hydroxyl groups is 1. The first-order chi connectivity index (χ1) is 7.72. The second-order valence-electron chi connectivity index (χ2n) is 3.87. The first-order valence-corrected chi connectivity index (χ1v) is 5.67. The van der Waals surface area contributed by atoms with E-state index in [-0.39, 0.29) is 6.10 Å². The van der Waals surface area contributed by atoms with Gasteiger partial charge in [-0.1, -0.05) is 0 Å². The van der Waals surface area contributed by atoms with Gasteiger partial charge in [-0.2, -0.15) is 0 Å². The summed E-state index contributed by atoms with van der Waals surface area (Å²) < 4.78 is 10.6. The van der Waals surface area contributed by atoms with Crippen LogP contribution in [0.4, 0.5) is 0 Å². The van der Waals surface area contributed by atoms with E-state index in [0.717, 1.165) is 30.8 Å². The van der Waals surface area contributed by atoms with Crippen LogP contribution in [0, 0.1) is 0 Å². The van der Waals surface area contributed by atoms with Crippen LogP contribution in [0.1, 0.15) is 26.2 Å². The minimum absolute atomic E-state index is 0.207. The molecule has 1 rings (SSSR count). The molecule has 0 aromatic heterocycles. The molecule has 0 saturated carbocycles. The summed E-state index contributed by atoms with van der Waals surface area (Å²) in [4.78, 5) is 0. The molecule has 3 nitrogen and oxygen atoms in total. The molecule has 16 heavy (non-hydrogen) atoms. The number of hydrogen-bond acceptors (Lipinski definition) is 3. The van der Waals surface area contributed by atoms with E-state index >= 15 is 0 Å². The van der Waals surface area contributed by atoms with E-state index in [1.54, 1.807) is 7.11 Å². The molecule has 3 heteroatoms. The van der Waals surface area contributed by atoms with Crippen molar-refractivity contribution in [3.05, 3.63) is 24.3 Å². The van der Waals surface area contributed by atoms with Gasteiger partial charge in [-0.05, 0) is 50.5 Å². The van der Waals surface area contributed by atoms with Gasteiger partial charge < -0.3 is 14.6 Å². The van der Waals surface area contributed by atoms with Crippen molar-refractivity contribution >= 4 is 0 Å². The zero-order valence-corrected chi connectivity index (χ0v) is 9.98. The fourth-order valence-electron chi connectivity index (χ4n) is 1.40. The van der Waals surface area contributed by atoms with Crippen molar-refractivity contribution in [2.24, 2.45) is 0 Å². The molecule has 1 unspecified atom stereocenters. The minimum Gasteiger partial charge on any atom is -0.497 e. The van der Waals surface area contributed by atoms with Crippen LogP contribution in [0.15, 0.2) is 24.3 Å². The Bertz CT molecular complexity index is 280. The highest BCUT2D eigenvalue weighted by atomic mass is 16.5. The van der Waals surface area contributed by atoms with Gasteiger partial charge in [-0.3, -0.25) is 0 Å². The van der Waals surface area contributed by atoms with Crippen molar-refractivity contribution in [2.75, 3.05) is 13.7 Å². The second kappa shape index (κ2) is 7.12. The van der Waals surface area contributed by atoms with E-state index in [1.807, 2.05) is 31.2 Å². The van der Waals surface area contributed by atoms with Crippen LogP contribution in [-0.4, -0.2) is 24.9 Å². The van der Waals surface area contributed by atoms with Crippen LogP contribution < -0.4 is 9.47 Å². The molecule has 0 bridgehead atoms. The minimum atomic E-state index is -0.207. The number of unbranched alkanes of at least 4 members (excludes halogenated alkanes) is 1. The molecule has 0 saturated heterocycles. The Morgan fingerprint density at radius 3 is 2.31 bits per heavy atom. The van der Waals surface area contributed by atoms with Gasteiger partial charge in [-0.25, -0.2) is 0 Å². The van der Waals surface area contributed by atoms with E-state index in [0.29, 0.717) is 6.61 Å².